The van der Waals surface area contributed by atoms with Crippen LogP contribution < -0.4 is 10.1 Å². The number of fused-ring (bicyclic) bond motifs is 1. The zero-order valence-corrected chi connectivity index (χ0v) is 21.4. The highest BCUT2D eigenvalue weighted by Gasteiger charge is 2.44. The lowest BCUT2D eigenvalue weighted by Crippen LogP contribution is -2.53. The van der Waals surface area contributed by atoms with E-state index in [4.69, 9.17) is 9.47 Å². The number of alkyl halides is 3. The first-order chi connectivity index (χ1) is 18.1. The average molecular weight is 537 g/mol. The molecule has 0 radical (unpaired) electrons. The summed E-state index contributed by atoms with van der Waals surface area (Å²) in [6, 6.07) is 6.26. The topological polar surface area (TPSA) is 103 Å². The number of carbonyl (C=O) groups is 3. The number of amides is 2. The predicted molar refractivity (Wildman–Crippen MR) is 130 cm³/mol. The molecule has 206 valence electrons. The van der Waals surface area contributed by atoms with Crippen molar-refractivity contribution in [3.8, 4) is 11.4 Å². The second kappa shape index (κ2) is 11.0. The molecule has 9 nitrogen and oxygen atoms in total. The summed E-state index contributed by atoms with van der Waals surface area (Å²) in [5.41, 5.74) is -1.93. The number of rotatable bonds is 9. The maximum Gasteiger partial charge on any atom is 0.435 e. The van der Waals surface area contributed by atoms with E-state index >= 15 is 0 Å². The summed E-state index contributed by atoms with van der Waals surface area (Å²) < 4.78 is 52.2. The van der Waals surface area contributed by atoms with Crippen molar-refractivity contribution in [1.82, 2.24) is 20.0 Å². The average Bonchev–Trinajstić information content (AvgIpc) is 3.53. The number of nitrogens with one attached hydrogen (secondary N) is 1. The number of benzene rings is 1. The van der Waals surface area contributed by atoms with Crippen LogP contribution >= 0.6 is 0 Å². The first-order valence-corrected chi connectivity index (χ1v) is 12.6. The first-order valence-electron chi connectivity index (χ1n) is 12.6. The summed E-state index contributed by atoms with van der Waals surface area (Å²) in [5.74, 6) is -0.722. The van der Waals surface area contributed by atoms with Gasteiger partial charge < -0.3 is 19.7 Å². The van der Waals surface area contributed by atoms with Crippen LogP contribution in [0.1, 0.15) is 66.7 Å². The number of carbonyl (C=O) groups excluding carboxylic acids is 3. The minimum absolute atomic E-state index is 0.0220. The highest BCUT2D eigenvalue weighted by atomic mass is 19.4. The molecule has 0 bridgehead atoms. The van der Waals surface area contributed by atoms with Gasteiger partial charge in [0.1, 0.15) is 17.0 Å². The van der Waals surface area contributed by atoms with E-state index in [1.165, 1.54) is 19.1 Å². The molecule has 1 aliphatic carbocycles. The molecule has 0 spiro atoms. The Hall–Kier alpha value is -3.57. The Balaban J connectivity index is 1.42. The lowest BCUT2D eigenvalue weighted by atomic mass is 9.97. The molecule has 2 aromatic rings. The molecule has 2 aliphatic rings. The number of esters is 1. The second-order valence-electron chi connectivity index (χ2n) is 9.61. The van der Waals surface area contributed by atoms with E-state index in [1.807, 2.05) is 0 Å². The van der Waals surface area contributed by atoms with Gasteiger partial charge in [-0.25, -0.2) is 9.48 Å². The number of aromatic nitrogens is 2. The summed E-state index contributed by atoms with van der Waals surface area (Å²) in [5, 5.41) is 6.62. The molecule has 1 N–H and O–H groups in total. The Morgan fingerprint density at radius 3 is 2.39 bits per heavy atom. The molecule has 0 saturated heterocycles. The normalized spacial score (nSPS) is 16.8. The molecule has 0 unspecified atom stereocenters. The van der Waals surface area contributed by atoms with E-state index in [0.29, 0.717) is 37.1 Å². The van der Waals surface area contributed by atoms with Gasteiger partial charge in [0, 0.05) is 25.1 Å². The summed E-state index contributed by atoms with van der Waals surface area (Å²) >= 11 is 0. The van der Waals surface area contributed by atoms with Crippen molar-refractivity contribution in [2.75, 3.05) is 27.3 Å². The Morgan fingerprint density at radius 1 is 1.11 bits per heavy atom. The van der Waals surface area contributed by atoms with Gasteiger partial charge in [0.2, 0.25) is 5.91 Å². The van der Waals surface area contributed by atoms with Gasteiger partial charge in [0.15, 0.2) is 5.69 Å². The maximum atomic E-state index is 13.7. The first kappa shape index (κ1) is 27.5. The van der Waals surface area contributed by atoms with Crippen LogP contribution in [0.2, 0.25) is 0 Å². The summed E-state index contributed by atoms with van der Waals surface area (Å²) in [6.07, 6.45) is -0.848. The van der Waals surface area contributed by atoms with Gasteiger partial charge in [-0.2, -0.15) is 18.3 Å². The molecular weight excluding hydrogens is 505 g/mol. The van der Waals surface area contributed by atoms with Gasteiger partial charge in [0.05, 0.1) is 19.9 Å². The van der Waals surface area contributed by atoms with Crippen molar-refractivity contribution in [2.24, 2.45) is 0 Å². The smallest absolute Gasteiger partial charge is 0.435 e. The standard InChI is InChI=1S/C26H31F3N4O5/c1-37-18-10-8-17(9-11-18)33-21-19(22(31-33)26(27,28)29)12-16-32(23(21)35)15-6-3-7-20(34)30-25(24(36)38-2)13-4-5-14-25/h8-11H,3-7,12-16H2,1-2H3,(H,30,34). The molecule has 1 aromatic carbocycles. The molecule has 12 heteroatoms. The van der Waals surface area contributed by atoms with E-state index in [-0.39, 0.29) is 43.1 Å². The van der Waals surface area contributed by atoms with Crippen LogP contribution in [-0.2, 0) is 26.9 Å². The Labute approximate surface area is 218 Å². The molecule has 0 atom stereocenters. The molecular formula is C26H31F3N4O5. The number of nitrogens with zero attached hydrogens (tertiary/aromatic N) is 3. The molecule has 1 fully saturated rings. The number of halogens is 3. The van der Waals surface area contributed by atoms with E-state index in [1.54, 1.807) is 24.3 Å². The fourth-order valence-electron chi connectivity index (χ4n) is 5.23. The third-order valence-corrected chi connectivity index (χ3v) is 7.18. The van der Waals surface area contributed by atoms with Gasteiger partial charge in [-0.3, -0.25) is 9.59 Å². The van der Waals surface area contributed by atoms with E-state index in [0.717, 1.165) is 17.5 Å². The fourth-order valence-corrected chi connectivity index (χ4v) is 5.23. The Morgan fingerprint density at radius 2 is 1.79 bits per heavy atom. The monoisotopic (exact) mass is 536 g/mol. The van der Waals surface area contributed by atoms with Crippen LogP contribution in [0, 0.1) is 0 Å². The van der Waals surface area contributed by atoms with Crippen LogP contribution in [-0.4, -0.2) is 65.3 Å². The summed E-state index contributed by atoms with van der Waals surface area (Å²) in [7, 11) is 2.78. The largest absolute Gasteiger partial charge is 0.497 e. The number of hydrogen-bond acceptors (Lipinski definition) is 6. The molecule has 1 aliphatic heterocycles. The van der Waals surface area contributed by atoms with Crippen molar-refractivity contribution < 1.29 is 37.0 Å². The van der Waals surface area contributed by atoms with Gasteiger partial charge in [-0.05, 0) is 56.4 Å². The molecule has 2 heterocycles. The molecule has 2 amide bonds. The SMILES string of the molecule is COC(=O)C1(NC(=O)CCCCN2CCc3c(C(F)(F)F)nn(-c4ccc(OC)cc4)c3C2=O)CCCC1. The Kier molecular flexibility index (Phi) is 7.98. The van der Waals surface area contributed by atoms with Gasteiger partial charge >= 0.3 is 12.1 Å². The maximum absolute atomic E-state index is 13.7. The number of methoxy groups -OCH3 is 2. The van der Waals surface area contributed by atoms with Crippen molar-refractivity contribution in [2.45, 2.75) is 63.1 Å². The highest BCUT2D eigenvalue weighted by molar-refractivity contribution is 5.96. The zero-order chi connectivity index (χ0) is 27.5. The fraction of sp³-hybridized carbons (Fsp3) is 0.538. The van der Waals surface area contributed by atoms with Gasteiger partial charge in [-0.1, -0.05) is 12.8 Å². The lowest BCUT2D eigenvalue weighted by Gasteiger charge is -2.28. The quantitative estimate of drug-likeness (QED) is 0.388. The zero-order valence-electron chi connectivity index (χ0n) is 21.4. The van der Waals surface area contributed by atoms with Crippen LogP contribution in [0.3, 0.4) is 0 Å². The molecule has 1 aromatic heterocycles. The van der Waals surface area contributed by atoms with E-state index < -0.39 is 29.3 Å². The number of ether oxygens (including phenoxy) is 2. The van der Waals surface area contributed by atoms with Gasteiger partial charge in [-0.15, -0.1) is 0 Å². The highest BCUT2D eigenvalue weighted by Crippen LogP contribution is 2.36. The number of unbranched alkanes of at least 4 members (excludes halogenated alkanes) is 1. The third kappa shape index (κ3) is 5.48. The van der Waals surface area contributed by atoms with Crippen LogP contribution in [0.5, 0.6) is 5.75 Å². The van der Waals surface area contributed by atoms with Crippen molar-refractivity contribution in [3.05, 3.63) is 41.2 Å². The van der Waals surface area contributed by atoms with Crippen molar-refractivity contribution >= 4 is 17.8 Å². The van der Waals surface area contributed by atoms with E-state index in [2.05, 4.69) is 10.4 Å². The van der Waals surface area contributed by atoms with Crippen molar-refractivity contribution in [1.29, 1.82) is 0 Å². The van der Waals surface area contributed by atoms with Crippen LogP contribution in [0.4, 0.5) is 13.2 Å². The summed E-state index contributed by atoms with van der Waals surface area (Å²) in [4.78, 5) is 39.5. The van der Waals surface area contributed by atoms with Gasteiger partial charge in [0.25, 0.3) is 5.91 Å². The Bertz CT molecular complexity index is 1190. The second-order valence-corrected chi connectivity index (χ2v) is 9.61. The molecule has 4 rings (SSSR count). The van der Waals surface area contributed by atoms with E-state index in [9.17, 15) is 27.6 Å². The van der Waals surface area contributed by atoms with Crippen LogP contribution in [0.15, 0.2) is 24.3 Å². The molecule has 38 heavy (non-hydrogen) atoms. The van der Waals surface area contributed by atoms with Crippen LogP contribution in [0.25, 0.3) is 5.69 Å². The minimum atomic E-state index is -4.70. The predicted octanol–water partition coefficient (Wildman–Crippen LogP) is 3.67. The summed E-state index contributed by atoms with van der Waals surface area (Å²) in [6.45, 7) is 0.406. The third-order valence-electron chi connectivity index (χ3n) is 7.18. The number of hydrogen-bond donors (Lipinski definition) is 1. The van der Waals surface area contributed by atoms with Crippen molar-refractivity contribution in [3.63, 3.8) is 0 Å². The minimum Gasteiger partial charge on any atom is -0.497 e. The lowest BCUT2D eigenvalue weighted by molar-refractivity contribution is -0.150. The molecule has 1 saturated carbocycles.